The van der Waals surface area contributed by atoms with Crippen molar-refractivity contribution < 1.29 is 23.0 Å². The minimum atomic E-state index is -0.985. The molecule has 2 aromatic rings. The Kier molecular flexibility index (Phi) is 3.10. The van der Waals surface area contributed by atoms with E-state index in [9.17, 15) is 13.6 Å². The van der Waals surface area contributed by atoms with Crippen molar-refractivity contribution in [2.24, 2.45) is 0 Å². The van der Waals surface area contributed by atoms with Crippen molar-refractivity contribution in [1.82, 2.24) is 0 Å². The summed E-state index contributed by atoms with van der Waals surface area (Å²) in [6, 6.07) is 9.60. The molecule has 1 heterocycles. The first-order chi connectivity index (χ1) is 9.65. The monoisotopic (exact) mass is 276 g/mol. The topological polar surface area (TPSA) is 35.5 Å². The number of halogens is 2. The Bertz CT molecular complexity index is 670. The largest absolute Gasteiger partial charge is 0.485 e. The summed E-state index contributed by atoms with van der Waals surface area (Å²) < 4.78 is 37.6. The van der Waals surface area contributed by atoms with Crippen LogP contribution in [-0.4, -0.2) is 18.5 Å². The summed E-state index contributed by atoms with van der Waals surface area (Å²) in [5, 5.41) is 0. The molecular formula is C15H10F2O3. The first-order valence-electron chi connectivity index (χ1n) is 6.03. The Hall–Kier alpha value is -2.43. The third kappa shape index (κ3) is 2.22. The zero-order valence-corrected chi connectivity index (χ0v) is 10.3. The summed E-state index contributed by atoms with van der Waals surface area (Å²) in [5.41, 5.74) is -0.335. The number of rotatable bonds is 2. The fourth-order valence-corrected chi connectivity index (χ4v) is 2.01. The van der Waals surface area contributed by atoms with E-state index in [1.165, 1.54) is 0 Å². The number of Topliss-reactive ketones (excluding diaryl/α,β-unsaturated/α-hetero) is 1. The van der Waals surface area contributed by atoms with E-state index in [0.29, 0.717) is 11.5 Å². The number of ether oxygens (including phenoxy) is 2. The molecule has 1 unspecified atom stereocenters. The maximum Gasteiger partial charge on any atom is 0.209 e. The highest BCUT2D eigenvalue weighted by Gasteiger charge is 2.30. The van der Waals surface area contributed by atoms with Crippen molar-refractivity contribution in [3.8, 4) is 11.5 Å². The number of ketones is 1. The molecule has 0 aromatic heterocycles. The Labute approximate surface area is 113 Å². The molecular weight excluding hydrogens is 266 g/mol. The summed E-state index contributed by atoms with van der Waals surface area (Å²) in [6.45, 7) is -0.0359. The molecule has 1 aliphatic rings. The third-order valence-corrected chi connectivity index (χ3v) is 2.99. The summed E-state index contributed by atoms with van der Waals surface area (Å²) in [5.74, 6) is -1.16. The maximum absolute atomic E-state index is 13.6. The first kappa shape index (κ1) is 12.6. The lowest BCUT2D eigenvalue weighted by atomic mass is 10.1. The quantitative estimate of drug-likeness (QED) is 0.791. The normalized spacial score (nSPS) is 16.8. The Morgan fingerprint density at radius 1 is 1.10 bits per heavy atom. The van der Waals surface area contributed by atoms with Crippen LogP contribution in [0.4, 0.5) is 8.78 Å². The molecule has 0 spiro atoms. The van der Waals surface area contributed by atoms with Crippen LogP contribution in [0.5, 0.6) is 11.5 Å². The van der Waals surface area contributed by atoms with Crippen LogP contribution in [0.1, 0.15) is 10.4 Å². The second-order valence-electron chi connectivity index (χ2n) is 4.35. The van der Waals surface area contributed by atoms with Gasteiger partial charge in [0.05, 0.1) is 5.56 Å². The van der Waals surface area contributed by atoms with Gasteiger partial charge >= 0.3 is 0 Å². The molecule has 20 heavy (non-hydrogen) atoms. The number of para-hydroxylation sites is 2. The number of fused-ring (bicyclic) bond motifs is 1. The van der Waals surface area contributed by atoms with Crippen LogP contribution < -0.4 is 9.47 Å². The predicted molar refractivity (Wildman–Crippen MR) is 67.0 cm³/mol. The molecule has 0 aliphatic carbocycles. The average Bonchev–Trinajstić information content (AvgIpc) is 2.48. The van der Waals surface area contributed by atoms with E-state index >= 15 is 0 Å². The molecule has 3 rings (SSSR count). The minimum absolute atomic E-state index is 0.0359. The lowest BCUT2D eigenvalue weighted by molar-refractivity contribution is 0.0581. The molecule has 2 aromatic carbocycles. The van der Waals surface area contributed by atoms with Crippen LogP contribution >= 0.6 is 0 Å². The van der Waals surface area contributed by atoms with Crippen LogP contribution in [0.25, 0.3) is 0 Å². The van der Waals surface area contributed by atoms with Gasteiger partial charge in [-0.05, 0) is 30.3 Å². The number of benzene rings is 2. The predicted octanol–water partition coefficient (Wildman–Crippen LogP) is 2.99. The van der Waals surface area contributed by atoms with Gasteiger partial charge in [-0.1, -0.05) is 12.1 Å². The van der Waals surface area contributed by atoms with Crippen molar-refractivity contribution in [3.05, 3.63) is 59.7 Å². The van der Waals surface area contributed by atoms with Crippen LogP contribution in [0, 0.1) is 11.6 Å². The number of hydrogen-bond acceptors (Lipinski definition) is 3. The number of carbonyl (C=O) groups excluding carboxylic acids is 1. The highest BCUT2D eigenvalue weighted by molar-refractivity contribution is 6.00. The van der Waals surface area contributed by atoms with Gasteiger partial charge in [0.15, 0.2) is 17.6 Å². The second kappa shape index (κ2) is 4.92. The standard InChI is InChI=1S/C15H10F2O3/c16-9-5-6-11(17)10(7-9)15(18)14-8-19-12-3-1-2-4-13(12)20-14/h1-7,14H,8H2. The molecule has 0 bridgehead atoms. The van der Waals surface area contributed by atoms with Crippen molar-refractivity contribution >= 4 is 5.78 Å². The third-order valence-electron chi connectivity index (χ3n) is 2.99. The Balaban J connectivity index is 1.88. The molecule has 102 valence electrons. The molecule has 0 N–H and O–H groups in total. The Morgan fingerprint density at radius 3 is 2.65 bits per heavy atom. The summed E-state index contributed by atoms with van der Waals surface area (Å²) in [6.07, 6.45) is -0.985. The number of hydrogen-bond donors (Lipinski definition) is 0. The van der Waals surface area contributed by atoms with E-state index in [-0.39, 0.29) is 12.2 Å². The van der Waals surface area contributed by atoms with E-state index < -0.39 is 23.5 Å². The average molecular weight is 276 g/mol. The van der Waals surface area contributed by atoms with E-state index in [1.807, 2.05) is 0 Å². The minimum Gasteiger partial charge on any atom is -0.485 e. The van der Waals surface area contributed by atoms with Gasteiger partial charge in [0.1, 0.15) is 18.2 Å². The van der Waals surface area contributed by atoms with E-state index in [0.717, 1.165) is 18.2 Å². The molecule has 0 saturated heterocycles. The zero-order valence-electron chi connectivity index (χ0n) is 10.3. The molecule has 5 heteroatoms. The smallest absolute Gasteiger partial charge is 0.209 e. The van der Waals surface area contributed by atoms with Crippen molar-refractivity contribution in [3.63, 3.8) is 0 Å². The van der Waals surface area contributed by atoms with E-state index in [2.05, 4.69) is 0 Å². The second-order valence-corrected chi connectivity index (χ2v) is 4.35. The van der Waals surface area contributed by atoms with Crippen molar-refractivity contribution in [1.29, 1.82) is 0 Å². The maximum atomic E-state index is 13.6. The van der Waals surface area contributed by atoms with E-state index in [4.69, 9.17) is 9.47 Å². The molecule has 3 nitrogen and oxygen atoms in total. The SMILES string of the molecule is O=C(c1cc(F)ccc1F)C1COc2ccccc2O1. The van der Waals surface area contributed by atoms with Crippen molar-refractivity contribution in [2.45, 2.75) is 6.10 Å². The molecule has 1 atom stereocenters. The van der Waals surface area contributed by atoms with Crippen LogP contribution in [-0.2, 0) is 0 Å². The fourth-order valence-electron chi connectivity index (χ4n) is 2.01. The van der Waals surface area contributed by atoms with Crippen LogP contribution in [0.15, 0.2) is 42.5 Å². The summed E-state index contributed by atoms with van der Waals surface area (Å²) in [4.78, 5) is 12.2. The van der Waals surface area contributed by atoms with Crippen LogP contribution in [0.3, 0.4) is 0 Å². The molecule has 0 saturated carbocycles. The van der Waals surface area contributed by atoms with Gasteiger partial charge in [-0.2, -0.15) is 0 Å². The highest BCUT2D eigenvalue weighted by atomic mass is 19.1. The van der Waals surface area contributed by atoms with Gasteiger partial charge in [0, 0.05) is 0 Å². The summed E-state index contributed by atoms with van der Waals surface area (Å²) in [7, 11) is 0. The lowest BCUT2D eigenvalue weighted by Crippen LogP contribution is -2.37. The van der Waals surface area contributed by atoms with Gasteiger partial charge < -0.3 is 9.47 Å². The highest BCUT2D eigenvalue weighted by Crippen LogP contribution is 2.31. The summed E-state index contributed by atoms with van der Waals surface area (Å²) >= 11 is 0. The van der Waals surface area contributed by atoms with Gasteiger partial charge in [0.25, 0.3) is 0 Å². The van der Waals surface area contributed by atoms with E-state index in [1.54, 1.807) is 24.3 Å². The Morgan fingerprint density at radius 2 is 1.85 bits per heavy atom. The van der Waals surface area contributed by atoms with Gasteiger partial charge in [0.2, 0.25) is 5.78 Å². The van der Waals surface area contributed by atoms with Gasteiger partial charge in [-0.25, -0.2) is 8.78 Å². The van der Waals surface area contributed by atoms with Gasteiger partial charge in [-0.15, -0.1) is 0 Å². The zero-order chi connectivity index (χ0) is 14.1. The fraction of sp³-hybridized carbons (Fsp3) is 0.133. The molecule has 1 aliphatic heterocycles. The number of carbonyl (C=O) groups is 1. The molecule has 0 radical (unpaired) electrons. The first-order valence-corrected chi connectivity index (χ1v) is 6.03. The van der Waals surface area contributed by atoms with Crippen LogP contribution in [0.2, 0.25) is 0 Å². The lowest BCUT2D eigenvalue weighted by Gasteiger charge is -2.25. The van der Waals surface area contributed by atoms with Gasteiger partial charge in [-0.3, -0.25) is 4.79 Å². The molecule has 0 fully saturated rings. The molecule has 0 amide bonds. The van der Waals surface area contributed by atoms with Crippen molar-refractivity contribution in [2.75, 3.05) is 6.61 Å².